The standard InChI is InChI=1S/C9H16F3N3O/c1-15(6-9(10,11)12)5-8(2-3-8)4-7(13)14-16/h16H,2-6H2,1H3,(H2,13,14). The van der Waals surface area contributed by atoms with Gasteiger partial charge in [0.1, 0.15) is 5.84 Å². The Morgan fingerprint density at radius 1 is 1.50 bits per heavy atom. The van der Waals surface area contributed by atoms with E-state index in [-0.39, 0.29) is 11.3 Å². The highest BCUT2D eigenvalue weighted by Crippen LogP contribution is 2.49. The van der Waals surface area contributed by atoms with Crippen molar-refractivity contribution >= 4 is 5.84 Å². The van der Waals surface area contributed by atoms with Gasteiger partial charge in [0.25, 0.3) is 0 Å². The molecule has 0 aliphatic heterocycles. The van der Waals surface area contributed by atoms with Crippen LogP contribution in [0.25, 0.3) is 0 Å². The van der Waals surface area contributed by atoms with Crippen LogP contribution in [0.15, 0.2) is 5.16 Å². The molecule has 0 saturated heterocycles. The molecule has 0 amide bonds. The highest BCUT2D eigenvalue weighted by atomic mass is 19.4. The first-order valence-corrected chi connectivity index (χ1v) is 4.98. The average Bonchev–Trinajstić information content (AvgIpc) is 2.80. The van der Waals surface area contributed by atoms with Crippen LogP contribution in [0.5, 0.6) is 0 Å². The van der Waals surface area contributed by atoms with Gasteiger partial charge < -0.3 is 10.9 Å². The lowest BCUT2D eigenvalue weighted by atomic mass is 10.0. The van der Waals surface area contributed by atoms with Crippen molar-refractivity contribution in [2.75, 3.05) is 20.1 Å². The molecular weight excluding hydrogens is 223 g/mol. The van der Waals surface area contributed by atoms with E-state index < -0.39 is 12.7 Å². The molecule has 0 radical (unpaired) electrons. The first-order chi connectivity index (χ1) is 7.26. The van der Waals surface area contributed by atoms with Crippen LogP contribution in [0.3, 0.4) is 0 Å². The number of nitrogens with two attached hydrogens (primary N) is 1. The number of nitrogens with zero attached hydrogens (tertiary/aromatic N) is 2. The highest BCUT2D eigenvalue weighted by Gasteiger charge is 2.45. The van der Waals surface area contributed by atoms with Crippen LogP contribution in [0.4, 0.5) is 13.2 Å². The lowest BCUT2D eigenvalue weighted by Gasteiger charge is -2.24. The van der Waals surface area contributed by atoms with Crippen LogP contribution < -0.4 is 5.73 Å². The fourth-order valence-electron chi connectivity index (χ4n) is 1.92. The van der Waals surface area contributed by atoms with E-state index in [1.165, 1.54) is 11.9 Å². The molecule has 7 heteroatoms. The maximum Gasteiger partial charge on any atom is 0.401 e. The van der Waals surface area contributed by atoms with Gasteiger partial charge in [-0.3, -0.25) is 4.90 Å². The van der Waals surface area contributed by atoms with Crippen LogP contribution in [0.2, 0.25) is 0 Å². The minimum absolute atomic E-state index is 0.0814. The number of hydrogen-bond acceptors (Lipinski definition) is 3. The van der Waals surface area contributed by atoms with E-state index >= 15 is 0 Å². The summed E-state index contributed by atoms with van der Waals surface area (Å²) in [6.07, 6.45) is -2.18. The number of hydrogen-bond donors (Lipinski definition) is 2. The predicted octanol–water partition coefficient (Wildman–Crippen LogP) is 1.40. The molecule has 0 atom stereocenters. The van der Waals surface area contributed by atoms with Crippen molar-refractivity contribution in [3.63, 3.8) is 0 Å². The number of alkyl halides is 3. The third-order valence-electron chi connectivity index (χ3n) is 2.70. The van der Waals surface area contributed by atoms with E-state index in [0.29, 0.717) is 13.0 Å². The molecule has 0 unspecified atom stereocenters. The molecule has 1 rings (SSSR count). The summed E-state index contributed by atoms with van der Waals surface area (Å²) in [5.41, 5.74) is 5.14. The summed E-state index contributed by atoms with van der Waals surface area (Å²) in [6, 6.07) is 0. The third-order valence-corrected chi connectivity index (χ3v) is 2.70. The Morgan fingerprint density at radius 3 is 2.44 bits per heavy atom. The SMILES string of the molecule is CN(CC(F)(F)F)CC1(CC(N)=NO)CC1. The van der Waals surface area contributed by atoms with Crippen molar-refractivity contribution in [1.29, 1.82) is 0 Å². The Bertz CT molecular complexity index is 274. The minimum Gasteiger partial charge on any atom is -0.409 e. The largest absolute Gasteiger partial charge is 0.409 e. The smallest absolute Gasteiger partial charge is 0.401 e. The zero-order valence-electron chi connectivity index (χ0n) is 9.09. The Morgan fingerprint density at radius 2 is 2.06 bits per heavy atom. The summed E-state index contributed by atoms with van der Waals surface area (Å²) in [4.78, 5) is 1.23. The Balaban J connectivity index is 2.42. The zero-order chi connectivity index (χ0) is 12.4. The molecular formula is C9H16F3N3O. The minimum atomic E-state index is -4.18. The summed E-state index contributed by atoms with van der Waals surface area (Å²) < 4.78 is 36.3. The van der Waals surface area contributed by atoms with Crippen molar-refractivity contribution in [3.8, 4) is 0 Å². The van der Waals surface area contributed by atoms with Crippen molar-refractivity contribution in [2.24, 2.45) is 16.3 Å². The third kappa shape index (κ3) is 4.26. The van der Waals surface area contributed by atoms with Crippen LogP contribution >= 0.6 is 0 Å². The quantitative estimate of drug-likeness (QED) is 0.330. The van der Waals surface area contributed by atoms with Gasteiger partial charge in [-0.15, -0.1) is 0 Å². The van der Waals surface area contributed by atoms with E-state index in [1.54, 1.807) is 0 Å². The van der Waals surface area contributed by atoms with Gasteiger partial charge in [-0.25, -0.2) is 0 Å². The first-order valence-electron chi connectivity index (χ1n) is 4.98. The second-order valence-corrected chi connectivity index (χ2v) is 4.56. The first kappa shape index (κ1) is 13.1. The summed E-state index contributed by atoms with van der Waals surface area (Å²) >= 11 is 0. The number of amidine groups is 1. The van der Waals surface area contributed by atoms with Gasteiger partial charge in [-0.1, -0.05) is 5.16 Å². The maximum atomic E-state index is 12.1. The molecule has 0 bridgehead atoms. The second-order valence-electron chi connectivity index (χ2n) is 4.56. The maximum absolute atomic E-state index is 12.1. The molecule has 0 spiro atoms. The van der Waals surface area contributed by atoms with Gasteiger partial charge in [-0.05, 0) is 25.3 Å². The highest BCUT2D eigenvalue weighted by molar-refractivity contribution is 5.80. The molecule has 3 N–H and O–H groups in total. The average molecular weight is 239 g/mol. The van der Waals surface area contributed by atoms with Crippen LogP contribution in [-0.4, -0.2) is 42.3 Å². The molecule has 1 aliphatic rings. The fourth-order valence-corrected chi connectivity index (χ4v) is 1.92. The molecule has 16 heavy (non-hydrogen) atoms. The van der Waals surface area contributed by atoms with Gasteiger partial charge in [-0.2, -0.15) is 13.2 Å². The lowest BCUT2D eigenvalue weighted by Crippen LogP contribution is -2.36. The summed E-state index contributed by atoms with van der Waals surface area (Å²) in [5, 5.41) is 11.3. The Kier molecular flexibility index (Phi) is 3.67. The number of rotatable bonds is 5. The van der Waals surface area contributed by atoms with Gasteiger partial charge in [0, 0.05) is 13.0 Å². The van der Waals surface area contributed by atoms with Gasteiger partial charge in [0.05, 0.1) is 6.54 Å². The topological polar surface area (TPSA) is 61.8 Å². The number of halogens is 3. The molecule has 4 nitrogen and oxygen atoms in total. The molecule has 0 aromatic rings. The molecule has 94 valence electrons. The van der Waals surface area contributed by atoms with E-state index in [2.05, 4.69) is 5.16 Å². The zero-order valence-corrected chi connectivity index (χ0v) is 9.09. The van der Waals surface area contributed by atoms with Crippen molar-refractivity contribution < 1.29 is 18.4 Å². The van der Waals surface area contributed by atoms with Crippen molar-refractivity contribution in [2.45, 2.75) is 25.4 Å². The van der Waals surface area contributed by atoms with E-state index in [0.717, 1.165) is 12.8 Å². The molecule has 0 heterocycles. The van der Waals surface area contributed by atoms with Crippen LogP contribution in [-0.2, 0) is 0 Å². The molecule has 1 fully saturated rings. The number of oxime groups is 1. The fraction of sp³-hybridized carbons (Fsp3) is 0.889. The lowest BCUT2D eigenvalue weighted by molar-refractivity contribution is -0.144. The second kappa shape index (κ2) is 4.48. The van der Waals surface area contributed by atoms with Gasteiger partial charge in [0.2, 0.25) is 0 Å². The van der Waals surface area contributed by atoms with Crippen molar-refractivity contribution in [1.82, 2.24) is 4.90 Å². The van der Waals surface area contributed by atoms with E-state index in [1.807, 2.05) is 0 Å². The molecule has 1 saturated carbocycles. The van der Waals surface area contributed by atoms with Crippen molar-refractivity contribution in [3.05, 3.63) is 0 Å². The normalized spacial score (nSPS) is 20.2. The summed E-state index contributed by atoms with van der Waals surface area (Å²) in [6.45, 7) is -0.604. The van der Waals surface area contributed by atoms with E-state index in [4.69, 9.17) is 10.9 Å². The molecule has 0 aromatic carbocycles. The van der Waals surface area contributed by atoms with Gasteiger partial charge >= 0.3 is 6.18 Å². The summed E-state index contributed by atoms with van der Waals surface area (Å²) in [5.74, 6) is 0.0814. The summed E-state index contributed by atoms with van der Waals surface area (Å²) in [7, 11) is 1.43. The van der Waals surface area contributed by atoms with Gasteiger partial charge in [0.15, 0.2) is 0 Å². The molecule has 0 aromatic heterocycles. The Labute approximate surface area is 91.9 Å². The molecule has 1 aliphatic carbocycles. The van der Waals surface area contributed by atoms with E-state index in [9.17, 15) is 13.2 Å². The Hall–Kier alpha value is -0.980. The van der Waals surface area contributed by atoms with Crippen LogP contribution in [0, 0.1) is 5.41 Å². The predicted molar refractivity (Wildman–Crippen MR) is 53.2 cm³/mol. The van der Waals surface area contributed by atoms with Crippen LogP contribution in [0.1, 0.15) is 19.3 Å². The monoisotopic (exact) mass is 239 g/mol.